The van der Waals surface area contributed by atoms with Gasteiger partial charge < -0.3 is 20.9 Å². The smallest absolute Gasteiger partial charge is 0.429 e. The first kappa shape index (κ1) is 28.5. The van der Waals surface area contributed by atoms with Gasteiger partial charge in [-0.05, 0) is 41.8 Å². The number of carbonyl (C=O) groups is 1. The number of nitrogens with two attached hydrogens (primary N) is 1. The van der Waals surface area contributed by atoms with E-state index in [1.807, 2.05) is 6.92 Å². The molecule has 0 saturated carbocycles. The van der Waals surface area contributed by atoms with Crippen molar-refractivity contribution in [1.82, 2.24) is 15.3 Å². The van der Waals surface area contributed by atoms with Crippen LogP contribution in [0.25, 0.3) is 22.4 Å². The van der Waals surface area contributed by atoms with Crippen molar-refractivity contribution >= 4 is 11.9 Å². The number of nitrogens with one attached hydrogen (secondary N) is 1. The van der Waals surface area contributed by atoms with E-state index in [1.54, 1.807) is 30.3 Å². The zero-order valence-electron chi connectivity index (χ0n) is 21.3. The topological polar surface area (TPSA) is 110 Å². The first-order valence-corrected chi connectivity index (χ1v) is 12.3. The van der Waals surface area contributed by atoms with Crippen LogP contribution in [0.5, 0.6) is 5.88 Å². The fourth-order valence-electron chi connectivity index (χ4n) is 4.15. The fraction of sp³-hybridized carbons (Fsp3) is 0.207. The van der Waals surface area contributed by atoms with E-state index >= 15 is 0 Å². The molecule has 2 atom stereocenters. The summed E-state index contributed by atoms with van der Waals surface area (Å²) >= 11 is 0. The maximum atomic E-state index is 14.1. The number of halogens is 4. The third kappa shape index (κ3) is 7.11. The van der Waals surface area contributed by atoms with E-state index in [-0.39, 0.29) is 29.5 Å². The monoisotopic (exact) mass is 554 g/mol. The van der Waals surface area contributed by atoms with Crippen molar-refractivity contribution in [3.05, 3.63) is 95.8 Å². The summed E-state index contributed by atoms with van der Waals surface area (Å²) in [7, 11) is 0. The second-order valence-electron chi connectivity index (χ2n) is 8.97. The highest BCUT2D eigenvalue weighted by Crippen LogP contribution is 2.38. The molecule has 0 radical (unpaired) electrons. The Balaban J connectivity index is 1.57. The summed E-state index contributed by atoms with van der Waals surface area (Å²) in [6, 6.07) is 18.4. The number of aliphatic carboxylic acids is 1. The van der Waals surface area contributed by atoms with Crippen LogP contribution in [-0.4, -0.2) is 39.8 Å². The van der Waals surface area contributed by atoms with Gasteiger partial charge in [0.1, 0.15) is 11.9 Å². The number of nitrogen functional groups attached to an aromatic ring is 1. The summed E-state index contributed by atoms with van der Waals surface area (Å²) in [6.07, 6.45) is -6.89. The minimum Gasteiger partial charge on any atom is -0.480 e. The second kappa shape index (κ2) is 12.1. The largest absolute Gasteiger partial charge is 0.480 e. The van der Waals surface area contributed by atoms with Crippen LogP contribution < -0.4 is 15.8 Å². The van der Waals surface area contributed by atoms with Gasteiger partial charge in [0, 0.05) is 17.2 Å². The zero-order valence-corrected chi connectivity index (χ0v) is 21.3. The quantitative estimate of drug-likeness (QED) is 0.212. The number of rotatable bonds is 10. The molecule has 11 heteroatoms. The normalized spacial score (nSPS) is 13.0. The number of anilines is 1. The lowest BCUT2D eigenvalue weighted by atomic mass is 10.0. The van der Waals surface area contributed by atoms with Gasteiger partial charge in [-0.25, -0.2) is 9.37 Å². The molecule has 208 valence electrons. The highest BCUT2D eigenvalue weighted by Gasteiger charge is 2.43. The number of ether oxygens (including phenoxy) is 1. The Hall–Kier alpha value is -4.51. The summed E-state index contributed by atoms with van der Waals surface area (Å²) in [6.45, 7) is 2.30. The highest BCUT2D eigenvalue weighted by molar-refractivity contribution is 5.74. The van der Waals surface area contributed by atoms with Crippen molar-refractivity contribution in [3.63, 3.8) is 0 Å². The number of nitrogens with zero attached hydrogens (tertiary/aromatic N) is 2. The summed E-state index contributed by atoms with van der Waals surface area (Å²) in [5.41, 5.74) is 8.19. The SMILES string of the molecule is CCN[C@@H](Cc1ccc(-c2cc(OC(c3ccc(-c4cccc(F)c4)cc3)C(F)(F)F)nc(N)n2)cc1)C(=O)O. The number of benzene rings is 3. The van der Waals surface area contributed by atoms with Crippen LogP contribution in [0.15, 0.2) is 78.9 Å². The van der Waals surface area contributed by atoms with E-state index in [4.69, 9.17) is 10.5 Å². The molecule has 40 heavy (non-hydrogen) atoms. The van der Waals surface area contributed by atoms with Crippen LogP contribution in [0, 0.1) is 5.82 Å². The molecule has 0 saturated heterocycles. The Kier molecular flexibility index (Phi) is 8.64. The summed E-state index contributed by atoms with van der Waals surface area (Å²) in [5.74, 6) is -2.08. The lowest BCUT2D eigenvalue weighted by Crippen LogP contribution is -2.38. The number of aromatic nitrogens is 2. The molecule has 1 heterocycles. The second-order valence-corrected chi connectivity index (χ2v) is 8.97. The first-order valence-electron chi connectivity index (χ1n) is 12.3. The maximum absolute atomic E-state index is 14.1. The average molecular weight is 555 g/mol. The van der Waals surface area contributed by atoms with Crippen LogP contribution >= 0.6 is 0 Å². The van der Waals surface area contributed by atoms with Gasteiger partial charge in [0.05, 0.1) is 5.69 Å². The minimum atomic E-state index is -4.78. The van der Waals surface area contributed by atoms with Gasteiger partial charge in [-0.3, -0.25) is 4.79 Å². The van der Waals surface area contributed by atoms with Crippen LogP contribution in [0.3, 0.4) is 0 Å². The number of hydrogen-bond donors (Lipinski definition) is 3. The Labute approximate surface area is 227 Å². The van der Waals surface area contributed by atoms with E-state index in [0.717, 1.165) is 5.56 Å². The number of hydrogen-bond acceptors (Lipinski definition) is 6. The van der Waals surface area contributed by atoms with Crippen molar-refractivity contribution in [3.8, 4) is 28.3 Å². The van der Waals surface area contributed by atoms with Crippen LogP contribution in [0.4, 0.5) is 23.5 Å². The molecule has 0 spiro atoms. The molecule has 0 aliphatic heterocycles. The number of alkyl halides is 3. The average Bonchev–Trinajstić information content (AvgIpc) is 2.91. The number of carboxylic acid groups (broad SMARTS) is 1. The fourth-order valence-corrected chi connectivity index (χ4v) is 4.15. The molecule has 0 amide bonds. The maximum Gasteiger partial charge on any atom is 0.429 e. The van der Waals surface area contributed by atoms with E-state index in [0.29, 0.717) is 23.2 Å². The van der Waals surface area contributed by atoms with Crippen molar-refractivity contribution in [2.45, 2.75) is 31.7 Å². The molecule has 0 bridgehead atoms. The lowest BCUT2D eigenvalue weighted by molar-refractivity contribution is -0.198. The first-order chi connectivity index (χ1) is 19.0. The van der Waals surface area contributed by atoms with Gasteiger partial charge in [-0.15, -0.1) is 0 Å². The number of carboxylic acids is 1. The molecule has 4 rings (SSSR count). The summed E-state index contributed by atoms with van der Waals surface area (Å²) < 4.78 is 61.0. The standard InChI is InChI=1S/C29H26F4N4O3/c1-2-35-24(27(38)39)14-17-6-8-19(9-7-17)23-16-25(37-28(34)36-23)40-26(29(31,32)33)20-12-10-18(11-13-20)21-4-3-5-22(30)15-21/h3-13,15-16,24,26,35H,2,14H2,1H3,(H,38,39)(H2,34,36,37)/t24-,26?/m0/s1. The van der Waals surface area contributed by atoms with Gasteiger partial charge >= 0.3 is 12.1 Å². The van der Waals surface area contributed by atoms with E-state index in [2.05, 4.69) is 15.3 Å². The van der Waals surface area contributed by atoms with Crippen molar-refractivity contribution in [2.75, 3.05) is 12.3 Å². The van der Waals surface area contributed by atoms with Gasteiger partial charge in [-0.1, -0.05) is 67.6 Å². The molecule has 3 aromatic carbocycles. The molecule has 0 aliphatic carbocycles. The molecule has 4 aromatic rings. The van der Waals surface area contributed by atoms with Crippen molar-refractivity contribution in [1.29, 1.82) is 0 Å². The molecule has 1 aromatic heterocycles. The van der Waals surface area contributed by atoms with E-state index in [1.165, 1.54) is 48.5 Å². The predicted molar refractivity (Wildman–Crippen MR) is 142 cm³/mol. The molecule has 0 fully saturated rings. The summed E-state index contributed by atoms with van der Waals surface area (Å²) in [4.78, 5) is 19.4. The third-order valence-corrected chi connectivity index (χ3v) is 6.07. The van der Waals surface area contributed by atoms with Gasteiger partial charge in [0.25, 0.3) is 0 Å². The van der Waals surface area contributed by atoms with Gasteiger partial charge in [-0.2, -0.15) is 18.2 Å². The summed E-state index contributed by atoms with van der Waals surface area (Å²) in [5, 5.41) is 12.2. The van der Waals surface area contributed by atoms with E-state index < -0.39 is 30.1 Å². The molecule has 4 N–H and O–H groups in total. The molecule has 1 unspecified atom stereocenters. The number of likely N-dealkylation sites (N-methyl/N-ethyl adjacent to an activating group) is 1. The zero-order chi connectivity index (χ0) is 28.9. The van der Waals surface area contributed by atoms with Crippen LogP contribution in [-0.2, 0) is 11.2 Å². The van der Waals surface area contributed by atoms with Crippen LogP contribution in [0.1, 0.15) is 24.2 Å². The van der Waals surface area contributed by atoms with Crippen molar-refractivity contribution < 1.29 is 32.2 Å². The Bertz CT molecular complexity index is 1460. The predicted octanol–water partition coefficient (Wildman–Crippen LogP) is 5.82. The highest BCUT2D eigenvalue weighted by atomic mass is 19.4. The minimum absolute atomic E-state index is 0.176. The Morgan fingerprint density at radius 3 is 2.25 bits per heavy atom. The third-order valence-electron chi connectivity index (χ3n) is 6.07. The Morgan fingerprint density at radius 1 is 0.975 bits per heavy atom. The van der Waals surface area contributed by atoms with Crippen molar-refractivity contribution in [2.24, 2.45) is 0 Å². The van der Waals surface area contributed by atoms with Gasteiger partial charge in [0.15, 0.2) is 0 Å². The lowest BCUT2D eigenvalue weighted by Gasteiger charge is -2.22. The Morgan fingerprint density at radius 2 is 1.65 bits per heavy atom. The molecule has 0 aliphatic rings. The molecular formula is C29H26F4N4O3. The van der Waals surface area contributed by atoms with Gasteiger partial charge in [0.2, 0.25) is 17.9 Å². The van der Waals surface area contributed by atoms with E-state index in [9.17, 15) is 27.5 Å². The molecular weight excluding hydrogens is 528 g/mol. The molecule has 7 nitrogen and oxygen atoms in total. The van der Waals surface area contributed by atoms with Crippen LogP contribution in [0.2, 0.25) is 0 Å².